The van der Waals surface area contributed by atoms with Crippen LogP contribution < -0.4 is 0 Å². The number of amides is 1. The van der Waals surface area contributed by atoms with Crippen molar-refractivity contribution < 1.29 is 19.1 Å². The number of nitrogens with zero attached hydrogens (tertiary/aromatic N) is 1. The SMILES string of the molecule is CCCN1C(=O)C(=O)/C(=C(\O)c2ccc(C)cc2)C1c1ccc(C)o1. The Morgan fingerprint density at radius 1 is 1.12 bits per heavy atom. The third-order valence-electron chi connectivity index (χ3n) is 4.36. The highest BCUT2D eigenvalue weighted by molar-refractivity contribution is 6.46. The normalized spacial score (nSPS) is 19.6. The minimum absolute atomic E-state index is 0.0802. The Morgan fingerprint density at radius 2 is 1.80 bits per heavy atom. The first kappa shape index (κ1) is 17.0. The van der Waals surface area contributed by atoms with Crippen LogP contribution in [-0.4, -0.2) is 28.2 Å². The van der Waals surface area contributed by atoms with Crippen LogP contribution in [0.5, 0.6) is 0 Å². The summed E-state index contributed by atoms with van der Waals surface area (Å²) in [5, 5.41) is 10.8. The molecule has 1 aliphatic rings. The fraction of sp³-hybridized carbons (Fsp3) is 0.300. The second kappa shape index (κ2) is 6.59. The number of aliphatic hydroxyl groups is 1. The Hall–Kier alpha value is -2.82. The van der Waals surface area contributed by atoms with Crippen molar-refractivity contribution in [3.8, 4) is 0 Å². The van der Waals surface area contributed by atoms with Crippen LogP contribution >= 0.6 is 0 Å². The maximum atomic E-state index is 12.6. The molecule has 5 nitrogen and oxygen atoms in total. The molecule has 0 radical (unpaired) electrons. The van der Waals surface area contributed by atoms with Gasteiger partial charge in [-0.2, -0.15) is 0 Å². The highest BCUT2D eigenvalue weighted by Gasteiger charge is 2.47. The average molecular weight is 339 g/mol. The molecule has 1 fully saturated rings. The zero-order valence-electron chi connectivity index (χ0n) is 14.6. The van der Waals surface area contributed by atoms with Gasteiger partial charge in [-0.15, -0.1) is 0 Å². The summed E-state index contributed by atoms with van der Waals surface area (Å²) in [5.41, 5.74) is 1.63. The second-order valence-electron chi connectivity index (χ2n) is 6.31. The zero-order chi connectivity index (χ0) is 18.1. The van der Waals surface area contributed by atoms with Crippen molar-refractivity contribution in [1.82, 2.24) is 4.90 Å². The van der Waals surface area contributed by atoms with Gasteiger partial charge in [-0.1, -0.05) is 36.8 Å². The monoisotopic (exact) mass is 339 g/mol. The van der Waals surface area contributed by atoms with E-state index in [0.29, 0.717) is 30.0 Å². The van der Waals surface area contributed by atoms with E-state index >= 15 is 0 Å². The molecule has 130 valence electrons. The molecular weight excluding hydrogens is 318 g/mol. The number of likely N-dealkylation sites (tertiary alicyclic amines) is 1. The summed E-state index contributed by atoms with van der Waals surface area (Å²) in [5.74, 6) is -0.276. The smallest absolute Gasteiger partial charge is 0.295 e. The number of carbonyl (C=O) groups is 2. The molecule has 3 rings (SSSR count). The van der Waals surface area contributed by atoms with E-state index in [4.69, 9.17) is 4.42 Å². The van der Waals surface area contributed by atoms with Gasteiger partial charge in [0.1, 0.15) is 23.3 Å². The molecule has 5 heteroatoms. The van der Waals surface area contributed by atoms with E-state index in [1.807, 2.05) is 26.0 Å². The van der Waals surface area contributed by atoms with Crippen LogP contribution in [0.3, 0.4) is 0 Å². The summed E-state index contributed by atoms with van der Waals surface area (Å²) < 4.78 is 5.68. The Morgan fingerprint density at radius 3 is 2.36 bits per heavy atom. The average Bonchev–Trinajstić information content (AvgIpc) is 3.12. The lowest BCUT2D eigenvalue weighted by atomic mass is 9.99. The van der Waals surface area contributed by atoms with Crippen LogP contribution in [0.4, 0.5) is 0 Å². The molecule has 1 aliphatic heterocycles. The van der Waals surface area contributed by atoms with E-state index in [9.17, 15) is 14.7 Å². The molecule has 0 bridgehead atoms. The largest absolute Gasteiger partial charge is 0.507 e. The van der Waals surface area contributed by atoms with E-state index in [1.165, 1.54) is 4.90 Å². The Bertz CT molecular complexity index is 845. The fourth-order valence-electron chi connectivity index (χ4n) is 3.11. The lowest BCUT2D eigenvalue weighted by molar-refractivity contribution is -0.140. The molecule has 25 heavy (non-hydrogen) atoms. The predicted molar refractivity (Wildman–Crippen MR) is 93.9 cm³/mol. The minimum atomic E-state index is -0.699. The van der Waals surface area contributed by atoms with E-state index < -0.39 is 17.7 Å². The van der Waals surface area contributed by atoms with Crippen molar-refractivity contribution in [3.63, 3.8) is 0 Å². The van der Waals surface area contributed by atoms with Crippen molar-refractivity contribution in [1.29, 1.82) is 0 Å². The summed E-state index contributed by atoms with van der Waals surface area (Å²) in [6.45, 7) is 6.09. The summed E-state index contributed by atoms with van der Waals surface area (Å²) >= 11 is 0. The van der Waals surface area contributed by atoms with Crippen LogP contribution in [-0.2, 0) is 9.59 Å². The molecule has 1 N–H and O–H groups in total. The van der Waals surface area contributed by atoms with Crippen LogP contribution in [0.2, 0.25) is 0 Å². The molecule has 2 heterocycles. The van der Waals surface area contributed by atoms with Gasteiger partial charge >= 0.3 is 0 Å². The summed E-state index contributed by atoms with van der Waals surface area (Å²) in [4.78, 5) is 26.6. The highest BCUT2D eigenvalue weighted by Crippen LogP contribution is 2.39. The lowest BCUT2D eigenvalue weighted by Crippen LogP contribution is -2.30. The number of aryl methyl sites for hydroxylation is 2. The van der Waals surface area contributed by atoms with Gasteiger partial charge in [0.15, 0.2) is 0 Å². The number of aliphatic hydroxyl groups excluding tert-OH is 1. The first-order valence-electron chi connectivity index (χ1n) is 8.35. The molecule has 1 amide bonds. The van der Waals surface area contributed by atoms with Crippen LogP contribution in [0, 0.1) is 13.8 Å². The molecule has 1 atom stereocenters. The van der Waals surface area contributed by atoms with Crippen LogP contribution in [0.25, 0.3) is 5.76 Å². The zero-order valence-corrected chi connectivity index (χ0v) is 14.6. The third-order valence-corrected chi connectivity index (χ3v) is 4.36. The van der Waals surface area contributed by atoms with Gasteiger partial charge in [-0.25, -0.2) is 0 Å². The molecule has 0 saturated carbocycles. The van der Waals surface area contributed by atoms with Gasteiger partial charge < -0.3 is 14.4 Å². The first-order valence-corrected chi connectivity index (χ1v) is 8.35. The van der Waals surface area contributed by atoms with Gasteiger partial charge in [0.05, 0.1) is 5.57 Å². The van der Waals surface area contributed by atoms with Crippen molar-refractivity contribution in [2.24, 2.45) is 0 Å². The van der Waals surface area contributed by atoms with Crippen LogP contribution in [0.1, 0.15) is 42.0 Å². The lowest BCUT2D eigenvalue weighted by Gasteiger charge is -2.22. The number of carbonyl (C=O) groups excluding carboxylic acids is 2. The minimum Gasteiger partial charge on any atom is -0.507 e. The van der Waals surface area contributed by atoms with Gasteiger partial charge in [0.25, 0.3) is 11.7 Å². The maximum absolute atomic E-state index is 12.6. The molecule has 0 spiro atoms. The maximum Gasteiger partial charge on any atom is 0.295 e. The molecular formula is C20H21NO4. The number of rotatable bonds is 4. The summed E-state index contributed by atoms with van der Waals surface area (Å²) in [6.07, 6.45) is 0.702. The standard InChI is InChI=1S/C20H21NO4/c1-4-11-21-17(15-10-7-13(3)25-15)16(19(23)20(21)24)18(22)14-8-5-12(2)6-9-14/h5-10,17,22H,4,11H2,1-3H3/b18-16-. The molecule has 1 aromatic heterocycles. The molecule has 2 aromatic rings. The van der Waals surface area contributed by atoms with E-state index in [-0.39, 0.29) is 11.3 Å². The van der Waals surface area contributed by atoms with Gasteiger partial charge in [0, 0.05) is 12.1 Å². The molecule has 1 aromatic carbocycles. The topological polar surface area (TPSA) is 70.8 Å². The quantitative estimate of drug-likeness (QED) is 0.523. The number of ketones is 1. The third kappa shape index (κ3) is 2.97. The van der Waals surface area contributed by atoms with Gasteiger partial charge in [-0.05, 0) is 32.4 Å². The molecule has 1 unspecified atom stereocenters. The number of benzene rings is 1. The number of Topliss-reactive ketones (excluding diaryl/α,β-unsaturated/α-hetero) is 1. The predicted octanol–water partition coefficient (Wildman–Crippen LogP) is 3.73. The van der Waals surface area contributed by atoms with Gasteiger partial charge in [-0.3, -0.25) is 9.59 Å². The summed E-state index contributed by atoms with van der Waals surface area (Å²) in [6, 6.07) is 10.0. The molecule has 0 aliphatic carbocycles. The van der Waals surface area contributed by atoms with Gasteiger partial charge in [0.2, 0.25) is 0 Å². The Balaban J connectivity index is 2.16. The number of hydrogen-bond acceptors (Lipinski definition) is 4. The number of furan rings is 1. The Labute approximate surface area is 146 Å². The van der Waals surface area contributed by atoms with Crippen molar-refractivity contribution in [2.75, 3.05) is 6.54 Å². The highest BCUT2D eigenvalue weighted by atomic mass is 16.3. The number of hydrogen-bond donors (Lipinski definition) is 1. The van der Waals surface area contributed by atoms with Crippen LogP contribution in [0.15, 0.2) is 46.4 Å². The first-order chi connectivity index (χ1) is 11.9. The Kier molecular flexibility index (Phi) is 4.49. The summed E-state index contributed by atoms with van der Waals surface area (Å²) in [7, 11) is 0. The van der Waals surface area contributed by atoms with Crippen molar-refractivity contribution >= 4 is 17.4 Å². The molecule has 1 saturated heterocycles. The van der Waals surface area contributed by atoms with Crippen molar-refractivity contribution in [2.45, 2.75) is 33.2 Å². The van der Waals surface area contributed by atoms with E-state index in [2.05, 4.69) is 0 Å². The van der Waals surface area contributed by atoms with E-state index in [0.717, 1.165) is 5.56 Å². The second-order valence-corrected chi connectivity index (χ2v) is 6.31. The fourth-order valence-corrected chi connectivity index (χ4v) is 3.11. The van der Waals surface area contributed by atoms with Crippen molar-refractivity contribution in [3.05, 3.63) is 64.6 Å². The van der Waals surface area contributed by atoms with E-state index in [1.54, 1.807) is 31.2 Å².